The largest absolute Gasteiger partial charge is 0.508 e. The highest BCUT2D eigenvalue weighted by Crippen LogP contribution is 2.47. The Kier molecular flexibility index (Phi) is 4.19. The van der Waals surface area contributed by atoms with Crippen LogP contribution in [0.15, 0.2) is 72.8 Å². The number of aromatic hydroxyl groups is 4. The third-order valence-corrected chi connectivity index (χ3v) is 5.75. The first-order valence-corrected chi connectivity index (χ1v) is 9.78. The number of rotatable bonds is 3. The number of carbonyl (C=O) groups excluding carboxylic acids is 1. The summed E-state index contributed by atoms with van der Waals surface area (Å²) >= 11 is 0. The van der Waals surface area contributed by atoms with E-state index in [-0.39, 0.29) is 33.9 Å². The van der Waals surface area contributed by atoms with E-state index in [4.69, 9.17) is 0 Å². The predicted molar refractivity (Wildman–Crippen MR) is 117 cm³/mol. The van der Waals surface area contributed by atoms with Crippen LogP contribution >= 0.6 is 0 Å². The van der Waals surface area contributed by atoms with Crippen molar-refractivity contribution >= 4 is 5.78 Å². The number of hydrogen-bond acceptors (Lipinski definition) is 5. The Labute approximate surface area is 178 Å². The molecule has 152 valence electrons. The summed E-state index contributed by atoms with van der Waals surface area (Å²) in [6, 6.07) is 20.0. The smallest absolute Gasteiger partial charge is 0.200 e. The van der Waals surface area contributed by atoms with Crippen molar-refractivity contribution in [2.24, 2.45) is 0 Å². The molecular weight excluding hydrogens is 392 g/mol. The van der Waals surface area contributed by atoms with E-state index in [2.05, 4.69) is 0 Å². The lowest BCUT2D eigenvalue weighted by atomic mass is 9.91. The highest BCUT2D eigenvalue weighted by atomic mass is 16.3. The first kappa shape index (κ1) is 18.8. The molecule has 5 nitrogen and oxygen atoms in total. The second-order valence-electron chi connectivity index (χ2n) is 7.55. The molecule has 4 N–H and O–H groups in total. The zero-order chi connectivity index (χ0) is 21.7. The van der Waals surface area contributed by atoms with E-state index in [0.717, 1.165) is 28.3 Å². The van der Waals surface area contributed by atoms with Gasteiger partial charge in [-0.2, -0.15) is 0 Å². The average molecular weight is 410 g/mol. The van der Waals surface area contributed by atoms with Gasteiger partial charge in [-0.3, -0.25) is 4.79 Å². The van der Waals surface area contributed by atoms with Crippen molar-refractivity contribution in [2.45, 2.75) is 6.42 Å². The molecule has 0 saturated heterocycles. The quantitative estimate of drug-likeness (QED) is 0.315. The van der Waals surface area contributed by atoms with E-state index < -0.39 is 11.5 Å². The maximum atomic E-state index is 13.0. The summed E-state index contributed by atoms with van der Waals surface area (Å²) in [7, 11) is 0. The highest BCUT2D eigenvalue weighted by Gasteiger charge is 2.26. The minimum absolute atomic E-state index is 0.0538. The van der Waals surface area contributed by atoms with E-state index >= 15 is 0 Å². The van der Waals surface area contributed by atoms with E-state index in [1.807, 2.05) is 42.5 Å². The SMILES string of the molecule is O=C(c1ccc(O)cc1O)c1ccc(O)c(-c2cccc3c2Cc2ccccc2-3)c1O. The number of fused-ring (bicyclic) bond motifs is 3. The minimum Gasteiger partial charge on any atom is -0.508 e. The minimum atomic E-state index is -0.618. The first-order chi connectivity index (χ1) is 15.0. The van der Waals surface area contributed by atoms with Crippen molar-refractivity contribution in [1.82, 2.24) is 0 Å². The fraction of sp³-hybridized carbons (Fsp3) is 0.0385. The molecule has 5 rings (SSSR count). The second kappa shape index (κ2) is 6.92. The molecule has 0 radical (unpaired) electrons. The normalized spacial score (nSPS) is 11.7. The molecule has 0 aromatic heterocycles. The van der Waals surface area contributed by atoms with Crippen molar-refractivity contribution in [2.75, 3.05) is 0 Å². The Bertz CT molecular complexity index is 1370. The summed E-state index contributed by atoms with van der Waals surface area (Å²) in [5, 5.41) is 41.2. The zero-order valence-electron chi connectivity index (χ0n) is 16.3. The average Bonchev–Trinajstić information content (AvgIpc) is 3.13. The molecule has 1 aliphatic rings. The van der Waals surface area contributed by atoms with Gasteiger partial charge in [0.05, 0.1) is 16.7 Å². The van der Waals surface area contributed by atoms with Gasteiger partial charge in [-0.25, -0.2) is 0 Å². The molecule has 0 atom stereocenters. The summed E-state index contributed by atoms with van der Waals surface area (Å²) in [6.45, 7) is 0. The van der Waals surface area contributed by atoms with Crippen LogP contribution in [0.3, 0.4) is 0 Å². The Morgan fingerprint density at radius 2 is 1.39 bits per heavy atom. The first-order valence-electron chi connectivity index (χ1n) is 9.78. The van der Waals surface area contributed by atoms with Crippen molar-refractivity contribution in [3.63, 3.8) is 0 Å². The standard InChI is InChI=1S/C26H18O5/c27-15-8-9-19(23(29)13-15)25(30)20-10-11-22(28)24(26(20)31)18-7-3-6-17-16-5-2-1-4-14(16)12-21(17)18/h1-11,13,27-29,31H,12H2. The Morgan fingerprint density at radius 1 is 0.677 bits per heavy atom. The second-order valence-corrected chi connectivity index (χ2v) is 7.55. The van der Waals surface area contributed by atoms with E-state index in [1.54, 1.807) is 0 Å². The van der Waals surface area contributed by atoms with Gasteiger partial charge in [0, 0.05) is 6.07 Å². The number of hydrogen-bond donors (Lipinski definition) is 4. The number of ketones is 1. The fourth-order valence-corrected chi connectivity index (χ4v) is 4.28. The van der Waals surface area contributed by atoms with Crippen LogP contribution in [-0.4, -0.2) is 26.2 Å². The van der Waals surface area contributed by atoms with Gasteiger partial charge in [0.15, 0.2) is 5.78 Å². The number of carbonyl (C=O) groups is 1. The summed E-state index contributed by atoms with van der Waals surface area (Å²) in [4.78, 5) is 13.0. The molecule has 0 amide bonds. The number of phenols is 4. The lowest BCUT2D eigenvalue weighted by Crippen LogP contribution is -2.03. The predicted octanol–water partition coefficient (Wildman–Crippen LogP) is 4.98. The number of benzene rings is 4. The van der Waals surface area contributed by atoms with Gasteiger partial charge in [0.25, 0.3) is 0 Å². The van der Waals surface area contributed by atoms with E-state index in [1.165, 1.54) is 24.3 Å². The van der Waals surface area contributed by atoms with Crippen LogP contribution in [0.1, 0.15) is 27.0 Å². The van der Waals surface area contributed by atoms with Gasteiger partial charge >= 0.3 is 0 Å². The third-order valence-electron chi connectivity index (χ3n) is 5.75. The Hall–Kier alpha value is -4.25. The maximum absolute atomic E-state index is 13.0. The van der Waals surface area contributed by atoms with Crippen LogP contribution in [0.5, 0.6) is 23.0 Å². The summed E-state index contributed by atoms with van der Waals surface area (Å²) in [5.74, 6) is -1.69. The monoisotopic (exact) mass is 410 g/mol. The van der Waals surface area contributed by atoms with Crippen LogP contribution < -0.4 is 0 Å². The van der Waals surface area contributed by atoms with Gasteiger partial charge in [0.1, 0.15) is 23.0 Å². The highest BCUT2D eigenvalue weighted by molar-refractivity contribution is 6.13. The molecule has 0 spiro atoms. The van der Waals surface area contributed by atoms with Crippen LogP contribution in [0.2, 0.25) is 0 Å². The molecule has 31 heavy (non-hydrogen) atoms. The zero-order valence-corrected chi connectivity index (χ0v) is 16.3. The van der Waals surface area contributed by atoms with Gasteiger partial charge in [-0.15, -0.1) is 0 Å². The summed E-state index contributed by atoms with van der Waals surface area (Å²) in [5.41, 5.74) is 4.97. The van der Waals surface area contributed by atoms with Crippen LogP contribution in [0.4, 0.5) is 0 Å². The van der Waals surface area contributed by atoms with Gasteiger partial charge in [-0.05, 0) is 58.5 Å². The van der Waals surface area contributed by atoms with Crippen molar-refractivity contribution in [3.8, 4) is 45.3 Å². The van der Waals surface area contributed by atoms with E-state index in [0.29, 0.717) is 12.0 Å². The van der Waals surface area contributed by atoms with E-state index in [9.17, 15) is 25.2 Å². The topological polar surface area (TPSA) is 98.0 Å². The fourth-order valence-electron chi connectivity index (χ4n) is 4.28. The lowest BCUT2D eigenvalue weighted by Gasteiger charge is -2.15. The third kappa shape index (κ3) is 2.90. The maximum Gasteiger partial charge on any atom is 0.200 e. The number of phenolic OH excluding ortho intramolecular Hbond substituents is 4. The molecule has 4 aromatic rings. The van der Waals surface area contributed by atoms with Crippen LogP contribution in [0, 0.1) is 0 Å². The van der Waals surface area contributed by atoms with Crippen LogP contribution in [-0.2, 0) is 6.42 Å². The van der Waals surface area contributed by atoms with Gasteiger partial charge in [-0.1, -0.05) is 42.5 Å². The molecule has 0 unspecified atom stereocenters. The molecule has 0 bridgehead atoms. The lowest BCUT2D eigenvalue weighted by molar-refractivity contribution is 0.103. The van der Waals surface area contributed by atoms with Crippen molar-refractivity contribution in [3.05, 3.63) is 95.1 Å². The molecular formula is C26H18O5. The molecule has 0 saturated carbocycles. The summed E-state index contributed by atoms with van der Waals surface area (Å²) < 4.78 is 0. The molecule has 5 heteroatoms. The molecule has 1 aliphatic carbocycles. The molecule has 0 heterocycles. The van der Waals surface area contributed by atoms with Crippen LogP contribution in [0.25, 0.3) is 22.3 Å². The van der Waals surface area contributed by atoms with Gasteiger partial charge in [0.2, 0.25) is 0 Å². The molecule has 4 aromatic carbocycles. The Balaban J connectivity index is 1.67. The van der Waals surface area contributed by atoms with Crippen molar-refractivity contribution < 1.29 is 25.2 Å². The Morgan fingerprint density at radius 3 is 2.19 bits per heavy atom. The summed E-state index contributed by atoms with van der Waals surface area (Å²) in [6.07, 6.45) is 0.650. The van der Waals surface area contributed by atoms with Crippen molar-refractivity contribution in [1.29, 1.82) is 0 Å². The molecule has 0 fully saturated rings. The van der Waals surface area contributed by atoms with Gasteiger partial charge < -0.3 is 20.4 Å². The molecule has 0 aliphatic heterocycles.